The fourth-order valence-electron chi connectivity index (χ4n) is 4.38. The number of carbonyl (C=O) groups excluding carboxylic acids is 1. The van der Waals surface area contributed by atoms with Crippen LogP contribution >= 0.6 is 0 Å². The van der Waals surface area contributed by atoms with Crippen LogP contribution in [0.2, 0.25) is 0 Å². The zero-order valence-corrected chi connectivity index (χ0v) is 16.6. The average Bonchev–Trinajstić information content (AvgIpc) is 3.49. The lowest BCUT2D eigenvalue weighted by atomic mass is 10.1. The maximum atomic E-state index is 13.2. The molecule has 1 aliphatic heterocycles. The zero-order valence-electron chi connectivity index (χ0n) is 16.6. The Labute approximate surface area is 173 Å². The molecule has 0 unspecified atom stereocenters. The van der Waals surface area contributed by atoms with Gasteiger partial charge in [-0.1, -0.05) is 6.07 Å². The van der Waals surface area contributed by atoms with Crippen molar-refractivity contribution in [3.63, 3.8) is 0 Å². The van der Waals surface area contributed by atoms with Gasteiger partial charge < -0.3 is 4.90 Å². The quantitative estimate of drug-likeness (QED) is 0.557. The van der Waals surface area contributed by atoms with Crippen LogP contribution in [0.1, 0.15) is 23.7 Å². The molecule has 0 spiro atoms. The van der Waals surface area contributed by atoms with Crippen LogP contribution in [0.5, 0.6) is 0 Å². The van der Waals surface area contributed by atoms with Crippen LogP contribution in [-0.2, 0) is 6.54 Å². The Kier molecular flexibility index (Phi) is 4.58. The predicted molar refractivity (Wildman–Crippen MR) is 112 cm³/mol. The molecule has 0 radical (unpaired) electrons. The van der Waals surface area contributed by atoms with Gasteiger partial charge in [-0.15, -0.1) is 0 Å². The highest BCUT2D eigenvalue weighted by Crippen LogP contribution is 2.28. The number of benzene rings is 2. The molecule has 2 aromatic heterocycles. The molecule has 0 bridgehead atoms. The van der Waals surface area contributed by atoms with Gasteiger partial charge in [0.05, 0.1) is 17.9 Å². The predicted octanol–water partition coefficient (Wildman–Crippen LogP) is 4.12. The van der Waals surface area contributed by atoms with E-state index in [0.717, 1.165) is 35.0 Å². The molecular formula is C23H22FN5O. The van der Waals surface area contributed by atoms with Crippen molar-refractivity contribution in [1.29, 1.82) is 0 Å². The summed E-state index contributed by atoms with van der Waals surface area (Å²) in [5.74, 6) is -0.0542. The number of hydrogen-bond acceptors (Lipinski definition) is 3. The van der Waals surface area contributed by atoms with Crippen LogP contribution < -0.4 is 0 Å². The highest BCUT2D eigenvalue weighted by Gasteiger charge is 2.33. The Morgan fingerprint density at radius 2 is 2.00 bits per heavy atom. The van der Waals surface area contributed by atoms with Gasteiger partial charge in [-0.3, -0.25) is 14.6 Å². The molecule has 30 heavy (non-hydrogen) atoms. The van der Waals surface area contributed by atoms with Gasteiger partial charge in [0.15, 0.2) is 0 Å². The lowest BCUT2D eigenvalue weighted by Gasteiger charge is -2.21. The van der Waals surface area contributed by atoms with Crippen LogP contribution in [0.3, 0.4) is 0 Å². The van der Waals surface area contributed by atoms with Crippen molar-refractivity contribution in [2.45, 2.75) is 25.9 Å². The van der Waals surface area contributed by atoms with Gasteiger partial charge >= 0.3 is 0 Å². The summed E-state index contributed by atoms with van der Waals surface area (Å²) in [7, 11) is 0. The number of H-pyrrole nitrogens is 1. The number of carbonyl (C=O) groups is 1. The van der Waals surface area contributed by atoms with Crippen molar-refractivity contribution >= 4 is 16.8 Å². The third kappa shape index (κ3) is 3.36. The molecule has 2 aromatic carbocycles. The Hall–Kier alpha value is -3.48. The number of rotatable bonds is 4. The second kappa shape index (κ2) is 7.40. The summed E-state index contributed by atoms with van der Waals surface area (Å²) in [5, 5.41) is 12.5. The SMILES string of the molecule is C[C@@H]1C[C@H](Cn2ncc3cc(-c4cn[nH]c4)ccc32)CN1C(=O)c1ccc(F)cc1. The first-order chi connectivity index (χ1) is 14.6. The Morgan fingerprint density at radius 3 is 2.77 bits per heavy atom. The second-order valence-corrected chi connectivity index (χ2v) is 8.00. The molecule has 2 atom stereocenters. The summed E-state index contributed by atoms with van der Waals surface area (Å²) in [5.41, 5.74) is 3.75. The molecular weight excluding hydrogens is 381 g/mol. The van der Waals surface area contributed by atoms with Crippen LogP contribution in [0.4, 0.5) is 4.39 Å². The summed E-state index contributed by atoms with van der Waals surface area (Å²) in [6.45, 7) is 3.50. The number of amides is 1. The molecule has 1 amide bonds. The van der Waals surface area contributed by atoms with Gasteiger partial charge in [0, 0.05) is 41.8 Å². The normalized spacial score (nSPS) is 18.9. The Morgan fingerprint density at radius 1 is 1.17 bits per heavy atom. The maximum Gasteiger partial charge on any atom is 0.254 e. The third-order valence-corrected chi connectivity index (χ3v) is 5.92. The minimum absolute atomic E-state index is 0.0416. The topological polar surface area (TPSA) is 66.8 Å². The van der Waals surface area contributed by atoms with Crippen molar-refractivity contribution in [2.24, 2.45) is 5.92 Å². The van der Waals surface area contributed by atoms with Gasteiger partial charge in [0.2, 0.25) is 0 Å². The minimum atomic E-state index is -0.333. The average molecular weight is 403 g/mol. The van der Waals surface area contributed by atoms with Crippen molar-refractivity contribution in [3.05, 3.63) is 72.4 Å². The number of hydrogen-bond donors (Lipinski definition) is 1. The van der Waals surface area contributed by atoms with Crippen molar-refractivity contribution < 1.29 is 9.18 Å². The highest BCUT2D eigenvalue weighted by atomic mass is 19.1. The van der Waals surface area contributed by atoms with Crippen molar-refractivity contribution in [1.82, 2.24) is 24.9 Å². The lowest BCUT2D eigenvalue weighted by Crippen LogP contribution is -2.34. The van der Waals surface area contributed by atoms with Gasteiger partial charge in [-0.25, -0.2) is 4.39 Å². The third-order valence-electron chi connectivity index (χ3n) is 5.92. The number of nitrogens with one attached hydrogen (secondary N) is 1. The van der Waals surface area contributed by atoms with E-state index < -0.39 is 0 Å². The van der Waals surface area contributed by atoms with Crippen LogP contribution in [0, 0.1) is 11.7 Å². The van der Waals surface area contributed by atoms with Crippen molar-refractivity contribution in [3.8, 4) is 11.1 Å². The van der Waals surface area contributed by atoms with E-state index in [4.69, 9.17) is 0 Å². The summed E-state index contributed by atoms with van der Waals surface area (Å²) < 4.78 is 15.2. The van der Waals surface area contributed by atoms with E-state index in [2.05, 4.69) is 40.4 Å². The number of aromatic amines is 1. The van der Waals surface area contributed by atoms with Gasteiger partial charge in [0.25, 0.3) is 5.91 Å². The minimum Gasteiger partial charge on any atom is -0.336 e. The molecule has 0 aliphatic carbocycles. The van der Waals surface area contributed by atoms with Gasteiger partial charge in [-0.2, -0.15) is 10.2 Å². The number of halogens is 1. The van der Waals surface area contributed by atoms with E-state index in [1.54, 1.807) is 18.3 Å². The van der Waals surface area contributed by atoms with E-state index in [9.17, 15) is 9.18 Å². The van der Waals surface area contributed by atoms with E-state index in [-0.39, 0.29) is 17.8 Å². The summed E-state index contributed by atoms with van der Waals surface area (Å²) >= 11 is 0. The molecule has 1 saturated heterocycles. The van der Waals surface area contributed by atoms with Gasteiger partial charge in [-0.05, 0) is 61.2 Å². The zero-order chi connectivity index (χ0) is 20.7. The number of aromatic nitrogens is 4. The lowest BCUT2D eigenvalue weighted by molar-refractivity contribution is 0.0742. The Balaban J connectivity index is 1.32. The summed E-state index contributed by atoms with van der Waals surface area (Å²) in [6.07, 6.45) is 6.48. The molecule has 0 saturated carbocycles. The van der Waals surface area contributed by atoms with E-state index in [1.807, 2.05) is 22.0 Å². The monoisotopic (exact) mass is 403 g/mol. The summed E-state index contributed by atoms with van der Waals surface area (Å²) in [4.78, 5) is 14.7. The molecule has 1 fully saturated rings. The van der Waals surface area contributed by atoms with E-state index in [0.29, 0.717) is 18.0 Å². The Bertz CT molecular complexity index is 1180. The largest absolute Gasteiger partial charge is 0.336 e. The van der Waals surface area contributed by atoms with Crippen molar-refractivity contribution in [2.75, 3.05) is 6.54 Å². The molecule has 5 rings (SSSR count). The molecule has 1 aliphatic rings. The van der Waals surface area contributed by atoms with Crippen LogP contribution in [0.25, 0.3) is 22.0 Å². The van der Waals surface area contributed by atoms with Crippen LogP contribution in [0.15, 0.2) is 61.1 Å². The fourth-order valence-corrected chi connectivity index (χ4v) is 4.38. The fraction of sp³-hybridized carbons (Fsp3) is 0.261. The first-order valence-electron chi connectivity index (χ1n) is 10.1. The van der Waals surface area contributed by atoms with Gasteiger partial charge in [0.1, 0.15) is 5.82 Å². The molecule has 7 heteroatoms. The molecule has 1 N–H and O–H groups in total. The maximum absolute atomic E-state index is 13.2. The summed E-state index contributed by atoms with van der Waals surface area (Å²) in [6, 6.07) is 12.2. The van der Waals surface area contributed by atoms with E-state index >= 15 is 0 Å². The number of fused-ring (bicyclic) bond motifs is 1. The van der Waals surface area contributed by atoms with E-state index in [1.165, 1.54) is 12.1 Å². The molecule has 4 aromatic rings. The molecule has 152 valence electrons. The first kappa shape index (κ1) is 18.5. The first-order valence-corrected chi connectivity index (χ1v) is 10.1. The molecule has 3 heterocycles. The number of likely N-dealkylation sites (tertiary alicyclic amines) is 1. The molecule has 6 nitrogen and oxygen atoms in total. The highest BCUT2D eigenvalue weighted by molar-refractivity contribution is 5.94. The smallest absolute Gasteiger partial charge is 0.254 e. The standard InChI is InChI=1S/C23H22FN5O/c1-15-8-16(13-28(15)23(30)17-2-5-21(24)6-3-17)14-29-22-7-4-18(9-19(22)12-27-29)20-10-25-26-11-20/h2-7,9-12,15-16H,8,13-14H2,1H3,(H,25,26)/t15-,16+/m1/s1. The second-order valence-electron chi connectivity index (χ2n) is 8.00. The number of nitrogens with zero attached hydrogens (tertiary/aromatic N) is 4. The van der Waals surface area contributed by atoms with Crippen LogP contribution in [-0.4, -0.2) is 43.4 Å².